The van der Waals surface area contributed by atoms with Gasteiger partial charge in [0.05, 0.1) is 5.56 Å². The molecule has 0 aliphatic heterocycles. The third kappa shape index (κ3) is 2.42. The van der Waals surface area contributed by atoms with E-state index in [-0.39, 0.29) is 11.7 Å². The highest BCUT2D eigenvalue weighted by Gasteiger charge is 2.15. The first-order valence-electron chi connectivity index (χ1n) is 5.27. The zero-order valence-electron chi connectivity index (χ0n) is 9.93. The Balaban J connectivity index is 2.33. The van der Waals surface area contributed by atoms with E-state index in [9.17, 15) is 9.59 Å². The maximum Gasteiger partial charge on any atom is 0.336 e. The Morgan fingerprint density at radius 3 is 2.56 bits per heavy atom. The summed E-state index contributed by atoms with van der Waals surface area (Å²) in [5, 5.41) is 2.54. The summed E-state index contributed by atoms with van der Waals surface area (Å²) >= 11 is 0. The molecular weight excluding hydrogens is 234 g/mol. The van der Waals surface area contributed by atoms with E-state index in [1.165, 1.54) is 18.5 Å². The lowest BCUT2D eigenvalue weighted by Gasteiger charge is -2.07. The van der Waals surface area contributed by atoms with Gasteiger partial charge in [0.25, 0.3) is 5.91 Å². The molecule has 0 saturated carbocycles. The first-order valence-corrected chi connectivity index (χ1v) is 5.27. The zero-order valence-corrected chi connectivity index (χ0v) is 9.93. The molecule has 0 spiro atoms. The number of aryl methyl sites for hydroxylation is 2. The highest BCUT2D eigenvalue weighted by Crippen LogP contribution is 2.12. The summed E-state index contributed by atoms with van der Waals surface area (Å²) in [7, 11) is 0. The molecule has 2 rings (SSSR count). The molecule has 0 unspecified atom stereocenters. The Bertz CT molecular complexity index is 609. The first-order chi connectivity index (χ1) is 8.58. The van der Waals surface area contributed by atoms with E-state index in [1.54, 1.807) is 19.9 Å². The molecule has 0 saturated heterocycles. The fourth-order valence-corrected chi connectivity index (χ4v) is 1.62. The van der Waals surface area contributed by atoms with Crippen LogP contribution in [0.15, 0.2) is 33.7 Å². The number of rotatable bonds is 2. The van der Waals surface area contributed by atoms with Crippen molar-refractivity contribution in [1.82, 2.24) is 9.97 Å². The maximum atomic E-state index is 12.0. The first kappa shape index (κ1) is 12.0. The number of nitrogens with zero attached hydrogens (tertiary/aromatic N) is 2. The molecule has 0 bridgehead atoms. The van der Waals surface area contributed by atoms with E-state index < -0.39 is 11.5 Å². The second kappa shape index (κ2) is 4.79. The minimum Gasteiger partial charge on any atom is -0.427 e. The lowest BCUT2D eigenvalue weighted by molar-refractivity contribution is 0.102. The molecule has 0 atom stereocenters. The topological polar surface area (TPSA) is 85.1 Å². The Morgan fingerprint density at radius 2 is 1.94 bits per heavy atom. The van der Waals surface area contributed by atoms with Gasteiger partial charge in [0.15, 0.2) is 0 Å². The molecule has 0 radical (unpaired) electrons. The third-order valence-electron chi connectivity index (χ3n) is 2.35. The van der Waals surface area contributed by atoms with Gasteiger partial charge in [-0.15, -0.1) is 0 Å². The van der Waals surface area contributed by atoms with Gasteiger partial charge >= 0.3 is 5.63 Å². The average Bonchev–Trinajstić information content (AvgIpc) is 2.28. The van der Waals surface area contributed by atoms with Gasteiger partial charge in [-0.25, -0.2) is 14.8 Å². The van der Waals surface area contributed by atoms with Crippen LogP contribution in [-0.2, 0) is 0 Å². The van der Waals surface area contributed by atoms with Crippen LogP contribution < -0.4 is 10.9 Å². The monoisotopic (exact) mass is 245 g/mol. The fourth-order valence-electron chi connectivity index (χ4n) is 1.62. The summed E-state index contributed by atoms with van der Waals surface area (Å²) < 4.78 is 4.89. The van der Waals surface area contributed by atoms with E-state index >= 15 is 0 Å². The molecule has 1 N–H and O–H groups in total. The molecule has 2 heterocycles. The molecule has 1 amide bonds. The van der Waals surface area contributed by atoms with Crippen LogP contribution in [0, 0.1) is 13.8 Å². The number of nitrogens with one attached hydrogen (secondary N) is 1. The van der Waals surface area contributed by atoms with Crippen molar-refractivity contribution in [2.45, 2.75) is 13.8 Å². The quantitative estimate of drug-likeness (QED) is 0.861. The molecule has 2 aromatic rings. The Morgan fingerprint density at radius 1 is 1.28 bits per heavy atom. The molecule has 0 fully saturated rings. The van der Waals surface area contributed by atoms with Crippen LogP contribution in [-0.4, -0.2) is 15.9 Å². The van der Waals surface area contributed by atoms with Crippen LogP contribution in [0.2, 0.25) is 0 Å². The maximum absolute atomic E-state index is 12.0. The molecule has 6 heteroatoms. The normalized spacial score (nSPS) is 10.1. The zero-order chi connectivity index (χ0) is 13.1. The molecule has 0 aliphatic carbocycles. The van der Waals surface area contributed by atoms with Gasteiger partial charge in [0.1, 0.15) is 5.76 Å². The van der Waals surface area contributed by atoms with E-state index in [0.29, 0.717) is 11.1 Å². The number of hydrogen-bond donors (Lipinski definition) is 1. The highest BCUT2D eigenvalue weighted by molar-refractivity contribution is 6.04. The minimum absolute atomic E-state index is 0.201. The number of amides is 1. The molecule has 92 valence electrons. The molecule has 0 aromatic carbocycles. The van der Waals surface area contributed by atoms with Gasteiger partial charge in [0, 0.05) is 18.5 Å². The average molecular weight is 245 g/mol. The van der Waals surface area contributed by atoms with Crippen molar-refractivity contribution >= 4 is 11.9 Å². The van der Waals surface area contributed by atoms with E-state index in [0.717, 1.165) is 0 Å². The number of hydrogen-bond acceptors (Lipinski definition) is 5. The third-order valence-corrected chi connectivity index (χ3v) is 2.35. The Labute approximate surface area is 103 Å². The van der Waals surface area contributed by atoms with Gasteiger partial charge < -0.3 is 4.42 Å². The van der Waals surface area contributed by atoms with Crippen LogP contribution in [0.1, 0.15) is 21.7 Å². The van der Waals surface area contributed by atoms with Crippen molar-refractivity contribution < 1.29 is 9.21 Å². The second-order valence-corrected chi connectivity index (χ2v) is 3.71. The molecule has 18 heavy (non-hydrogen) atoms. The van der Waals surface area contributed by atoms with Crippen LogP contribution in [0.4, 0.5) is 5.95 Å². The van der Waals surface area contributed by atoms with Crippen LogP contribution in [0.5, 0.6) is 0 Å². The van der Waals surface area contributed by atoms with Crippen molar-refractivity contribution in [3.05, 3.63) is 51.8 Å². The summed E-state index contributed by atoms with van der Waals surface area (Å²) in [5.74, 6) is 0.0703. The predicted molar refractivity (Wildman–Crippen MR) is 64.4 cm³/mol. The lowest BCUT2D eigenvalue weighted by Crippen LogP contribution is -2.18. The largest absolute Gasteiger partial charge is 0.427 e. The smallest absolute Gasteiger partial charge is 0.336 e. The van der Waals surface area contributed by atoms with E-state index in [2.05, 4.69) is 15.3 Å². The molecule has 2 aromatic heterocycles. The van der Waals surface area contributed by atoms with E-state index in [4.69, 9.17) is 4.42 Å². The van der Waals surface area contributed by atoms with Crippen molar-refractivity contribution in [1.29, 1.82) is 0 Å². The minimum atomic E-state index is -0.475. The van der Waals surface area contributed by atoms with E-state index in [1.807, 2.05) is 0 Å². The summed E-state index contributed by atoms with van der Waals surface area (Å²) in [6.45, 7) is 3.24. The summed E-state index contributed by atoms with van der Waals surface area (Å²) in [6.07, 6.45) is 3.04. The second-order valence-electron chi connectivity index (χ2n) is 3.71. The Hall–Kier alpha value is -2.50. The molecule has 0 aliphatic rings. The Kier molecular flexibility index (Phi) is 3.18. The number of aromatic nitrogens is 2. The number of carbonyl (C=O) groups excluding carboxylic acids is 1. The van der Waals surface area contributed by atoms with Crippen LogP contribution in [0.3, 0.4) is 0 Å². The van der Waals surface area contributed by atoms with Crippen molar-refractivity contribution in [2.75, 3.05) is 5.32 Å². The van der Waals surface area contributed by atoms with Crippen LogP contribution >= 0.6 is 0 Å². The summed E-state index contributed by atoms with van der Waals surface area (Å²) in [5.41, 5.74) is 0.400. The lowest BCUT2D eigenvalue weighted by atomic mass is 10.1. The SMILES string of the molecule is Cc1cc(=O)oc(C)c1C(=O)Nc1ncccn1. The van der Waals surface area contributed by atoms with Gasteiger partial charge in [-0.3, -0.25) is 10.1 Å². The predicted octanol–water partition coefficient (Wildman–Crippen LogP) is 1.30. The number of carbonyl (C=O) groups is 1. The van der Waals surface area contributed by atoms with Gasteiger partial charge in [-0.1, -0.05) is 0 Å². The fraction of sp³-hybridized carbons (Fsp3) is 0.167. The molecular formula is C12H11N3O3. The summed E-state index contributed by atoms with van der Waals surface area (Å²) in [4.78, 5) is 30.9. The van der Waals surface area contributed by atoms with Crippen molar-refractivity contribution in [3.8, 4) is 0 Å². The van der Waals surface area contributed by atoms with Gasteiger partial charge in [-0.2, -0.15) is 0 Å². The number of anilines is 1. The summed E-state index contributed by atoms with van der Waals surface area (Å²) in [6, 6.07) is 2.92. The van der Waals surface area contributed by atoms with Gasteiger partial charge in [0.2, 0.25) is 5.95 Å². The standard InChI is InChI=1S/C12H11N3O3/c1-7-6-9(16)18-8(2)10(7)11(17)15-12-13-4-3-5-14-12/h3-6H,1-2H3,(H,13,14,15,17). The van der Waals surface area contributed by atoms with Gasteiger partial charge in [-0.05, 0) is 25.5 Å². The highest BCUT2D eigenvalue weighted by atomic mass is 16.4. The van der Waals surface area contributed by atoms with Crippen molar-refractivity contribution in [3.63, 3.8) is 0 Å². The molecule has 6 nitrogen and oxygen atoms in total. The van der Waals surface area contributed by atoms with Crippen molar-refractivity contribution in [2.24, 2.45) is 0 Å². The van der Waals surface area contributed by atoms with Crippen LogP contribution in [0.25, 0.3) is 0 Å².